The molecule has 3 aromatic heterocycles. The van der Waals surface area contributed by atoms with Crippen LogP contribution in [-0.4, -0.2) is 18.5 Å². The number of imidazole rings is 2. The summed E-state index contributed by atoms with van der Waals surface area (Å²) >= 11 is 0. The monoisotopic (exact) mass is 398 g/mol. The molecule has 0 spiro atoms. The molecule has 0 unspecified atom stereocenters. The first-order chi connectivity index (χ1) is 15.4. The molecule has 0 aliphatic carbocycles. The minimum absolute atomic E-state index is 0.924. The molecule has 0 N–H and O–H groups in total. The van der Waals surface area contributed by atoms with Gasteiger partial charge in [-0.05, 0) is 42.5 Å². The third kappa shape index (κ3) is 2.16. The van der Waals surface area contributed by atoms with Gasteiger partial charge in [-0.3, -0.25) is 13.5 Å². The van der Waals surface area contributed by atoms with Crippen LogP contribution in [0, 0.1) is 0 Å². The van der Waals surface area contributed by atoms with E-state index in [4.69, 9.17) is 4.98 Å². The van der Waals surface area contributed by atoms with E-state index in [-0.39, 0.29) is 0 Å². The third-order valence-corrected chi connectivity index (χ3v) is 6.03. The summed E-state index contributed by atoms with van der Waals surface area (Å²) in [5.74, 6) is 0.924. The molecule has 0 saturated carbocycles. The normalized spacial score (nSPS) is 11.9. The fourth-order valence-electron chi connectivity index (χ4n) is 4.77. The quantitative estimate of drug-likeness (QED) is 0.332. The lowest BCUT2D eigenvalue weighted by atomic mass is 10.2. The van der Waals surface area contributed by atoms with Crippen molar-refractivity contribution in [2.24, 2.45) is 0 Å². The highest BCUT2D eigenvalue weighted by Crippen LogP contribution is 2.37. The summed E-state index contributed by atoms with van der Waals surface area (Å²) in [6.45, 7) is 0. The zero-order valence-electron chi connectivity index (χ0n) is 16.7. The van der Waals surface area contributed by atoms with E-state index in [2.05, 4.69) is 117 Å². The van der Waals surface area contributed by atoms with E-state index in [9.17, 15) is 0 Å². The summed E-state index contributed by atoms with van der Waals surface area (Å²) in [6, 6.07) is 38.1. The minimum atomic E-state index is 0.924. The van der Waals surface area contributed by atoms with Crippen LogP contribution in [0.15, 0.2) is 109 Å². The molecule has 0 aliphatic heterocycles. The number of rotatable bonds is 2. The Kier molecular flexibility index (Phi) is 3.24. The summed E-state index contributed by atoms with van der Waals surface area (Å²) in [6.07, 6.45) is 0. The molecular weight excluding hydrogens is 380 g/mol. The van der Waals surface area contributed by atoms with Crippen molar-refractivity contribution in [1.29, 1.82) is 0 Å². The predicted octanol–water partition coefficient (Wildman–Crippen LogP) is 6.38. The van der Waals surface area contributed by atoms with Crippen LogP contribution in [-0.2, 0) is 0 Å². The Morgan fingerprint density at radius 2 is 1.10 bits per heavy atom. The van der Waals surface area contributed by atoms with E-state index in [0.717, 1.165) is 33.8 Å². The van der Waals surface area contributed by atoms with E-state index in [1.54, 1.807) is 0 Å². The summed E-state index contributed by atoms with van der Waals surface area (Å²) in [4.78, 5) is 5.06. The van der Waals surface area contributed by atoms with Crippen molar-refractivity contribution in [3.63, 3.8) is 0 Å². The predicted molar refractivity (Wildman–Crippen MR) is 126 cm³/mol. The molecule has 0 aliphatic rings. The Hall–Kier alpha value is -4.31. The second-order valence-corrected chi connectivity index (χ2v) is 7.77. The summed E-state index contributed by atoms with van der Waals surface area (Å²) < 4.78 is 6.94. The van der Waals surface area contributed by atoms with Crippen molar-refractivity contribution in [3.8, 4) is 11.4 Å². The molecule has 31 heavy (non-hydrogen) atoms. The minimum Gasteiger partial charge on any atom is -0.294 e. The van der Waals surface area contributed by atoms with Gasteiger partial charge in [-0.1, -0.05) is 66.7 Å². The van der Waals surface area contributed by atoms with E-state index in [1.807, 2.05) is 6.07 Å². The zero-order valence-corrected chi connectivity index (χ0v) is 16.7. The second-order valence-electron chi connectivity index (χ2n) is 7.77. The number of para-hydroxylation sites is 5. The van der Waals surface area contributed by atoms with Gasteiger partial charge in [0.05, 0.1) is 16.6 Å². The summed E-state index contributed by atoms with van der Waals surface area (Å²) in [5.41, 5.74) is 7.82. The molecule has 7 aromatic rings. The Bertz CT molecular complexity index is 1720. The van der Waals surface area contributed by atoms with E-state index < -0.39 is 0 Å². The van der Waals surface area contributed by atoms with Gasteiger partial charge in [0.15, 0.2) is 5.65 Å². The van der Waals surface area contributed by atoms with E-state index in [1.165, 1.54) is 16.4 Å². The smallest absolute Gasteiger partial charge is 0.221 e. The van der Waals surface area contributed by atoms with Crippen molar-refractivity contribution < 1.29 is 0 Å². The Balaban J connectivity index is 1.82. The van der Waals surface area contributed by atoms with Gasteiger partial charge in [0.25, 0.3) is 0 Å². The molecule has 0 saturated heterocycles. The van der Waals surface area contributed by atoms with Crippen LogP contribution in [0.3, 0.4) is 0 Å². The molecule has 0 atom stereocenters. The maximum Gasteiger partial charge on any atom is 0.221 e. The fraction of sp³-hybridized carbons (Fsp3) is 0. The zero-order chi connectivity index (χ0) is 20.4. The van der Waals surface area contributed by atoms with Gasteiger partial charge in [0.1, 0.15) is 5.52 Å². The largest absolute Gasteiger partial charge is 0.294 e. The van der Waals surface area contributed by atoms with Crippen molar-refractivity contribution in [3.05, 3.63) is 109 Å². The number of benzene rings is 4. The van der Waals surface area contributed by atoms with Gasteiger partial charge in [-0.2, -0.15) is 0 Å². The first-order valence-corrected chi connectivity index (χ1v) is 10.4. The van der Waals surface area contributed by atoms with E-state index >= 15 is 0 Å². The second kappa shape index (κ2) is 6.09. The first-order valence-electron chi connectivity index (χ1n) is 10.4. The lowest BCUT2D eigenvalue weighted by molar-refractivity contribution is 1.09. The number of nitrogens with zero attached hydrogens (tertiary/aromatic N) is 4. The fourth-order valence-corrected chi connectivity index (χ4v) is 4.77. The Labute approximate surface area is 178 Å². The molecule has 0 bridgehead atoms. The van der Waals surface area contributed by atoms with Gasteiger partial charge in [-0.25, -0.2) is 4.98 Å². The lowest BCUT2D eigenvalue weighted by Crippen LogP contribution is -1.97. The molecule has 4 aromatic carbocycles. The van der Waals surface area contributed by atoms with Gasteiger partial charge in [0, 0.05) is 16.8 Å². The molecule has 0 fully saturated rings. The average molecular weight is 398 g/mol. The summed E-state index contributed by atoms with van der Waals surface area (Å²) in [7, 11) is 0. The van der Waals surface area contributed by atoms with Crippen LogP contribution in [0.25, 0.3) is 50.3 Å². The third-order valence-electron chi connectivity index (χ3n) is 6.03. The van der Waals surface area contributed by atoms with Crippen LogP contribution in [0.2, 0.25) is 0 Å². The number of aromatic nitrogens is 4. The topological polar surface area (TPSA) is 27.2 Å². The molecular formula is C27H18N4. The van der Waals surface area contributed by atoms with E-state index in [0.29, 0.717) is 0 Å². The average Bonchev–Trinajstić information content (AvgIpc) is 3.46. The number of hydrogen-bond acceptors (Lipinski definition) is 1. The lowest BCUT2D eigenvalue weighted by Gasteiger charge is -2.07. The first kappa shape index (κ1) is 16.5. The van der Waals surface area contributed by atoms with Gasteiger partial charge < -0.3 is 0 Å². The van der Waals surface area contributed by atoms with Crippen molar-refractivity contribution in [2.75, 3.05) is 0 Å². The van der Waals surface area contributed by atoms with Crippen molar-refractivity contribution >= 4 is 38.9 Å². The van der Waals surface area contributed by atoms with Crippen LogP contribution in [0.1, 0.15) is 0 Å². The SMILES string of the molecule is c1ccc(-n2c3c4ccccc4n(-c4ccccc4)c3n3c4ccccc4nc23)cc1. The highest BCUT2D eigenvalue weighted by Gasteiger charge is 2.24. The molecule has 4 nitrogen and oxygen atoms in total. The molecule has 3 heterocycles. The highest BCUT2D eigenvalue weighted by atomic mass is 15.3. The van der Waals surface area contributed by atoms with Crippen LogP contribution >= 0.6 is 0 Å². The Morgan fingerprint density at radius 1 is 0.516 bits per heavy atom. The maximum atomic E-state index is 5.06. The number of fused-ring (bicyclic) bond motifs is 7. The molecule has 0 amide bonds. The van der Waals surface area contributed by atoms with Gasteiger partial charge in [-0.15, -0.1) is 0 Å². The maximum absolute atomic E-state index is 5.06. The standard InChI is InChI=1S/C27H18N4/c1-3-11-19(12-4-1)29-23-17-9-7-15-21(23)25-26(29)31-24-18-10-8-16-22(24)28-27(31)30(25)20-13-5-2-6-14-20/h1-18H. The highest BCUT2D eigenvalue weighted by molar-refractivity contribution is 6.10. The molecule has 146 valence electrons. The van der Waals surface area contributed by atoms with Gasteiger partial charge >= 0.3 is 0 Å². The summed E-state index contributed by atoms with van der Waals surface area (Å²) in [5, 5.41) is 1.21. The van der Waals surface area contributed by atoms with Crippen LogP contribution in [0.4, 0.5) is 0 Å². The number of hydrogen-bond donors (Lipinski definition) is 0. The van der Waals surface area contributed by atoms with Crippen molar-refractivity contribution in [1.82, 2.24) is 18.5 Å². The van der Waals surface area contributed by atoms with Crippen molar-refractivity contribution in [2.45, 2.75) is 0 Å². The Morgan fingerprint density at radius 3 is 1.84 bits per heavy atom. The molecule has 4 heteroatoms. The molecule has 7 rings (SSSR count). The van der Waals surface area contributed by atoms with Crippen LogP contribution in [0.5, 0.6) is 0 Å². The van der Waals surface area contributed by atoms with Crippen LogP contribution < -0.4 is 0 Å². The van der Waals surface area contributed by atoms with Gasteiger partial charge in [0.2, 0.25) is 5.78 Å². The molecule has 0 radical (unpaired) electrons.